The Morgan fingerprint density at radius 2 is 1.69 bits per heavy atom. The van der Waals surface area contributed by atoms with Crippen LogP contribution in [-0.2, 0) is 11.2 Å². The van der Waals surface area contributed by atoms with Gasteiger partial charge >= 0.3 is 0 Å². The van der Waals surface area contributed by atoms with Crippen molar-refractivity contribution in [3.05, 3.63) is 95.3 Å². The van der Waals surface area contributed by atoms with Gasteiger partial charge in [0, 0.05) is 12.1 Å². The van der Waals surface area contributed by atoms with Gasteiger partial charge < -0.3 is 5.32 Å². The third-order valence-electron chi connectivity index (χ3n) is 4.75. The Kier molecular flexibility index (Phi) is 7.19. The molecule has 0 aliphatic rings. The summed E-state index contributed by atoms with van der Waals surface area (Å²) >= 11 is 7.55. The molecule has 0 radical (unpaired) electrons. The first-order chi connectivity index (χ1) is 15.6. The SMILES string of the molecule is O=C(CSc1nnc(-c2ccccc2Cl)n1-c1ccccc1F)NCCc1ccccc1. The highest BCUT2D eigenvalue weighted by Crippen LogP contribution is 2.32. The first-order valence-corrected chi connectivity index (χ1v) is 11.4. The first kappa shape index (κ1) is 22.0. The number of nitrogens with zero attached hydrogens (tertiary/aromatic N) is 3. The van der Waals surface area contributed by atoms with Crippen molar-refractivity contribution in [2.75, 3.05) is 12.3 Å². The summed E-state index contributed by atoms with van der Waals surface area (Å²) in [5, 5.41) is 12.3. The molecule has 1 N–H and O–H groups in total. The monoisotopic (exact) mass is 466 g/mol. The van der Waals surface area contributed by atoms with E-state index < -0.39 is 5.82 Å². The van der Waals surface area contributed by atoms with E-state index in [1.807, 2.05) is 42.5 Å². The highest BCUT2D eigenvalue weighted by atomic mass is 35.5. The van der Waals surface area contributed by atoms with Gasteiger partial charge in [-0.3, -0.25) is 9.36 Å². The van der Waals surface area contributed by atoms with Crippen LogP contribution >= 0.6 is 23.4 Å². The van der Waals surface area contributed by atoms with Crippen LogP contribution in [0.2, 0.25) is 5.02 Å². The van der Waals surface area contributed by atoms with Gasteiger partial charge in [0.15, 0.2) is 11.0 Å². The van der Waals surface area contributed by atoms with Crippen molar-refractivity contribution >= 4 is 29.3 Å². The molecule has 162 valence electrons. The van der Waals surface area contributed by atoms with E-state index in [4.69, 9.17) is 11.6 Å². The molecule has 8 heteroatoms. The second-order valence-corrected chi connectivity index (χ2v) is 8.30. The van der Waals surface area contributed by atoms with Crippen LogP contribution in [-0.4, -0.2) is 33.0 Å². The number of carbonyl (C=O) groups excluding carboxylic acids is 1. The molecule has 0 saturated carbocycles. The van der Waals surface area contributed by atoms with Gasteiger partial charge in [-0.25, -0.2) is 4.39 Å². The molecule has 0 spiro atoms. The standard InChI is InChI=1S/C24H20ClFN4OS/c25-19-11-5-4-10-18(19)23-28-29-24(30(23)21-13-7-6-12-20(21)26)32-16-22(31)27-15-14-17-8-2-1-3-9-17/h1-13H,14-16H2,(H,27,31). The molecule has 0 bridgehead atoms. The summed E-state index contributed by atoms with van der Waals surface area (Å²) in [5.41, 5.74) is 2.08. The van der Waals surface area contributed by atoms with Crippen molar-refractivity contribution in [2.45, 2.75) is 11.6 Å². The van der Waals surface area contributed by atoms with Gasteiger partial charge in [-0.05, 0) is 36.2 Å². The summed E-state index contributed by atoms with van der Waals surface area (Å²) in [5.74, 6) is -0.0139. The van der Waals surface area contributed by atoms with Gasteiger partial charge in [-0.1, -0.05) is 78.0 Å². The van der Waals surface area contributed by atoms with Crippen molar-refractivity contribution in [3.8, 4) is 17.1 Å². The van der Waals surface area contributed by atoms with E-state index in [2.05, 4.69) is 15.5 Å². The summed E-state index contributed by atoms with van der Waals surface area (Å²) < 4.78 is 16.3. The molecule has 32 heavy (non-hydrogen) atoms. The largest absolute Gasteiger partial charge is 0.355 e. The minimum Gasteiger partial charge on any atom is -0.355 e. The Morgan fingerprint density at radius 3 is 2.47 bits per heavy atom. The van der Waals surface area contributed by atoms with Crippen LogP contribution in [0.25, 0.3) is 17.1 Å². The summed E-state index contributed by atoms with van der Waals surface area (Å²) in [6, 6.07) is 23.5. The zero-order valence-electron chi connectivity index (χ0n) is 17.0. The predicted octanol–water partition coefficient (Wildman–Crippen LogP) is 5.18. The van der Waals surface area contributed by atoms with E-state index in [9.17, 15) is 9.18 Å². The van der Waals surface area contributed by atoms with Crippen LogP contribution in [0.4, 0.5) is 4.39 Å². The maximum atomic E-state index is 14.7. The van der Waals surface area contributed by atoms with E-state index in [0.717, 1.165) is 12.0 Å². The predicted molar refractivity (Wildman–Crippen MR) is 126 cm³/mol. The van der Waals surface area contributed by atoms with E-state index >= 15 is 0 Å². The van der Waals surface area contributed by atoms with E-state index in [1.165, 1.54) is 17.8 Å². The van der Waals surface area contributed by atoms with Crippen LogP contribution in [0, 0.1) is 5.82 Å². The number of hydrogen-bond donors (Lipinski definition) is 1. The number of halogens is 2. The van der Waals surface area contributed by atoms with Crippen molar-refractivity contribution in [1.82, 2.24) is 20.1 Å². The summed E-state index contributed by atoms with van der Waals surface area (Å²) in [6.07, 6.45) is 0.749. The normalized spacial score (nSPS) is 10.8. The molecule has 4 rings (SSSR count). The number of thioether (sulfide) groups is 1. The lowest BCUT2D eigenvalue weighted by Crippen LogP contribution is -2.27. The molecule has 0 saturated heterocycles. The lowest BCUT2D eigenvalue weighted by Gasteiger charge is -2.12. The first-order valence-electron chi connectivity index (χ1n) is 10.0. The molecule has 1 aromatic heterocycles. The Labute approximate surface area is 194 Å². The van der Waals surface area contributed by atoms with Gasteiger partial charge in [0.25, 0.3) is 0 Å². The zero-order chi connectivity index (χ0) is 22.3. The van der Waals surface area contributed by atoms with Crippen LogP contribution in [0.15, 0.2) is 84.0 Å². The van der Waals surface area contributed by atoms with Crippen molar-refractivity contribution in [1.29, 1.82) is 0 Å². The molecule has 3 aromatic carbocycles. The molecule has 0 unspecified atom stereocenters. The molecule has 1 heterocycles. The smallest absolute Gasteiger partial charge is 0.230 e. The molecule has 0 atom stereocenters. The van der Waals surface area contributed by atoms with Crippen molar-refractivity contribution < 1.29 is 9.18 Å². The van der Waals surface area contributed by atoms with Gasteiger partial charge in [0.1, 0.15) is 5.82 Å². The van der Waals surface area contributed by atoms with Gasteiger partial charge in [-0.15, -0.1) is 10.2 Å². The Bertz CT molecular complexity index is 1220. The number of nitrogens with one attached hydrogen (secondary N) is 1. The summed E-state index contributed by atoms with van der Waals surface area (Å²) in [6.45, 7) is 0.536. The minimum atomic E-state index is -0.422. The highest BCUT2D eigenvalue weighted by molar-refractivity contribution is 7.99. The molecule has 0 fully saturated rings. The summed E-state index contributed by atoms with van der Waals surface area (Å²) in [4.78, 5) is 12.4. The van der Waals surface area contributed by atoms with Crippen LogP contribution in [0.1, 0.15) is 5.56 Å². The van der Waals surface area contributed by atoms with Gasteiger partial charge in [0.05, 0.1) is 16.5 Å². The molecular formula is C24H20ClFN4OS. The number of rotatable bonds is 8. The Morgan fingerprint density at radius 1 is 0.969 bits per heavy atom. The molecule has 5 nitrogen and oxygen atoms in total. The fourth-order valence-electron chi connectivity index (χ4n) is 3.20. The summed E-state index contributed by atoms with van der Waals surface area (Å²) in [7, 11) is 0. The molecule has 1 amide bonds. The number of aromatic nitrogens is 3. The molecule has 0 aliphatic carbocycles. The van der Waals surface area contributed by atoms with Gasteiger partial charge in [-0.2, -0.15) is 0 Å². The van der Waals surface area contributed by atoms with Crippen LogP contribution < -0.4 is 5.32 Å². The fraction of sp³-hybridized carbons (Fsp3) is 0.125. The van der Waals surface area contributed by atoms with Crippen LogP contribution in [0.5, 0.6) is 0 Å². The third kappa shape index (κ3) is 5.18. The number of benzene rings is 3. The number of amides is 1. The molecule has 0 aliphatic heterocycles. The Hall–Kier alpha value is -3.16. The van der Waals surface area contributed by atoms with Gasteiger partial charge in [0.2, 0.25) is 5.91 Å². The fourth-order valence-corrected chi connectivity index (χ4v) is 4.20. The lowest BCUT2D eigenvalue weighted by molar-refractivity contribution is -0.118. The molecule has 4 aromatic rings. The zero-order valence-corrected chi connectivity index (χ0v) is 18.6. The number of para-hydroxylation sites is 1. The van der Waals surface area contributed by atoms with E-state index in [-0.39, 0.29) is 11.7 Å². The quantitative estimate of drug-likeness (QED) is 0.363. The third-order valence-corrected chi connectivity index (χ3v) is 6.01. The number of carbonyl (C=O) groups is 1. The maximum absolute atomic E-state index is 14.7. The number of hydrogen-bond acceptors (Lipinski definition) is 4. The van der Waals surface area contributed by atoms with E-state index in [0.29, 0.717) is 33.8 Å². The second kappa shape index (κ2) is 10.4. The van der Waals surface area contributed by atoms with E-state index in [1.54, 1.807) is 34.9 Å². The highest BCUT2D eigenvalue weighted by Gasteiger charge is 2.20. The van der Waals surface area contributed by atoms with Crippen LogP contribution in [0.3, 0.4) is 0 Å². The lowest BCUT2D eigenvalue weighted by atomic mass is 10.1. The molecular weight excluding hydrogens is 447 g/mol. The average molecular weight is 467 g/mol. The van der Waals surface area contributed by atoms with Crippen molar-refractivity contribution in [3.63, 3.8) is 0 Å². The van der Waals surface area contributed by atoms with Crippen molar-refractivity contribution in [2.24, 2.45) is 0 Å². The topological polar surface area (TPSA) is 59.8 Å². The maximum Gasteiger partial charge on any atom is 0.230 e. The minimum absolute atomic E-state index is 0.129. The second-order valence-electron chi connectivity index (χ2n) is 6.95. The Balaban J connectivity index is 1.52. The average Bonchev–Trinajstić information content (AvgIpc) is 3.22.